The van der Waals surface area contributed by atoms with Gasteiger partial charge in [-0.1, -0.05) is 105 Å². The van der Waals surface area contributed by atoms with Crippen LogP contribution >= 0.6 is 0 Å². The smallest absolute Gasteiger partial charge is 0.156 e. The molecule has 0 spiro atoms. The van der Waals surface area contributed by atoms with Crippen molar-refractivity contribution >= 4 is 6.08 Å². The van der Waals surface area contributed by atoms with Gasteiger partial charge in [0.25, 0.3) is 0 Å². The molecule has 2 aromatic carbocycles. The van der Waals surface area contributed by atoms with Crippen molar-refractivity contribution in [3.63, 3.8) is 0 Å². The highest BCUT2D eigenvalue weighted by atomic mass is 16.6. The molecule has 1 saturated heterocycles. The zero-order valence-corrected chi connectivity index (χ0v) is 15.3. The monoisotopic (exact) mass is 330 g/mol. The summed E-state index contributed by atoms with van der Waals surface area (Å²) in [5.74, 6) is 7.14. The van der Waals surface area contributed by atoms with Crippen LogP contribution < -0.4 is 0 Å². The van der Waals surface area contributed by atoms with E-state index in [1.54, 1.807) is 0 Å². The molecule has 0 N–H and O–H groups in total. The summed E-state index contributed by atoms with van der Waals surface area (Å²) < 4.78 is 5.73. The molecular formula is C24H26O. The zero-order chi connectivity index (χ0) is 17.8. The molecule has 3 rings (SSSR count). The molecule has 128 valence electrons. The molecule has 1 heteroatoms. The Labute approximate surface area is 151 Å². The Morgan fingerprint density at radius 3 is 2.20 bits per heavy atom. The molecule has 0 bridgehead atoms. The summed E-state index contributed by atoms with van der Waals surface area (Å²) in [6.45, 7) is 7.33. The largest absolute Gasteiger partial charge is 0.355 e. The van der Waals surface area contributed by atoms with Gasteiger partial charge >= 0.3 is 0 Å². The maximum absolute atomic E-state index is 5.73. The fourth-order valence-corrected chi connectivity index (χ4v) is 2.84. The standard InChI is InChI=1S/C24H26O/c1-23(2,3)24(19-25-24)18-17-22(21-14-8-5-9-15-21)16-10-13-20-11-6-4-7-12-20/h4-15,22H,16,19H2,1-3H3/b13-10+. The van der Waals surface area contributed by atoms with Gasteiger partial charge in [0.05, 0.1) is 6.61 Å². The first kappa shape index (κ1) is 17.5. The first-order valence-electron chi connectivity index (χ1n) is 8.93. The minimum absolute atomic E-state index is 0.0428. The van der Waals surface area contributed by atoms with Gasteiger partial charge in [-0.3, -0.25) is 0 Å². The molecule has 0 aliphatic carbocycles. The van der Waals surface area contributed by atoms with Gasteiger partial charge in [-0.15, -0.1) is 0 Å². The van der Waals surface area contributed by atoms with Gasteiger partial charge in [0.15, 0.2) is 5.60 Å². The highest BCUT2D eigenvalue weighted by Gasteiger charge is 2.53. The van der Waals surface area contributed by atoms with Gasteiger partial charge in [-0.25, -0.2) is 0 Å². The average Bonchev–Trinajstić information content (AvgIpc) is 3.41. The van der Waals surface area contributed by atoms with E-state index in [1.807, 2.05) is 6.07 Å². The highest BCUT2D eigenvalue weighted by molar-refractivity contribution is 5.49. The fraction of sp³-hybridized carbons (Fsp3) is 0.333. The average molecular weight is 330 g/mol. The van der Waals surface area contributed by atoms with Crippen molar-refractivity contribution in [3.05, 3.63) is 77.9 Å². The first-order valence-corrected chi connectivity index (χ1v) is 8.93. The molecular weight excluding hydrogens is 304 g/mol. The molecule has 2 aromatic rings. The first-order chi connectivity index (χ1) is 12.0. The normalized spacial score (nSPS) is 20.8. The molecule has 1 nitrogen and oxygen atoms in total. The zero-order valence-electron chi connectivity index (χ0n) is 15.3. The van der Waals surface area contributed by atoms with Gasteiger partial charge < -0.3 is 4.74 Å². The van der Waals surface area contributed by atoms with Crippen LogP contribution in [0.1, 0.15) is 44.2 Å². The summed E-state index contributed by atoms with van der Waals surface area (Å²) in [7, 11) is 0. The summed E-state index contributed by atoms with van der Waals surface area (Å²) in [5.41, 5.74) is 2.25. The molecule has 2 unspecified atom stereocenters. The van der Waals surface area contributed by atoms with Gasteiger partial charge in [-0.05, 0) is 17.5 Å². The lowest BCUT2D eigenvalue weighted by Gasteiger charge is -2.22. The van der Waals surface area contributed by atoms with Crippen LogP contribution in [-0.2, 0) is 4.74 Å². The van der Waals surface area contributed by atoms with Crippen LogP contribution in [-0.4, -0.2) is 12.2 Å². The number of rotatable bonds is 4. The highest BCUT2D eigenvalue weighted by Crippen LogP contribution is 2.43. The SMILES string of the molecule is CC(C)(C)C1(C#CC(C/C=C/c2ccccc2)c2ccccc2)CO1. The third-order valence-electron chi connectivity index (χ3n) is 4.78. The van der Waals surface area contributed by atoms with Crippen molar-refractivity contribution < 1.29 is 4.74 Å². The summed E-state index contributed by atoms with van der Waals surface area (Å²) in [6.07, 6.45) is 5.29. The van der Waals surface area contributed by atoms with Crippen LogP contribution in [0.25, 0.3) is 6.08 Å². The number of allylic oxidation sites excluding steroid dienone is 1. The quantitative estimate of drug-likeness (QED) is 0.518. The third kappa shape index (κ3) is 4.41. The van der Waals surface area contributed by atoms with Crippen LogP contribution in [0.4, 0.5) is 0 Å². The van der Waals surface area contributed by atoms with E-state index in [2.05, 4.69) is 99.4 Å². The van der Waals surface area contributed by atoms with Crippen LogP contribution in [0.3, 0.4) is 0 Å². The minimum Gasteiger partial charge on any atom is -0.355 e. The number of ether oxygens (including phenoxy) is 1. The summed E-state index contributed by atoms with van der Waals surface area (Å²) in [4.78, 5) is 0. The van der Waals surface area contributed by atoms with Gasteiger partial charge in [0, 0.05) is 11.3 Å². The molecule has 25 heavy (non-hydrogen) atoms. The minimum atomic E-state index is -0.275. The Hall–Kier alpha value is -2.30. The van der Waals surface area contributed by atoms with Gasteiger partial charge in [0.2, 0.25) is 0 Å². The summed E-state index contributed by atoms with van der Waals surface area (Å²) >= 11 is 0. The van der Waals surface area contributed by atoms with Crippen molar-refractivity contribution in [1.82, 2.24) is 0 Å². The van der Waals surface area contributed by atoms with Crippen molar-refractivity contribution in [2.24, 2.45) is 5.41 Å². The van der Waals surface area contributed by atoms with E-state index >= 15 is 0 Å². The summed E-state index contributed by atoms with van der Waals surface area (Å²) in [5, 5.41) is 0. The maximum atomic E-state index is 5.73. The third-order valence-corrected chi connectivity index (χ3v) is 4.78. The van der Waals surface area contributed by atoms with E-state index in [4.69, 9.17) is 4.74 Å². The number of epoxide rings is 1. The van der Waals surface area contributed by atoms with E-state index in [9.17, 15) is 0 Å². The second kappa shape index (κ2) is 7.30. The topological polar surface area (TPSA) is 12.5 Å². The van der Waals surface area contributed by atoms with Crippen molar-refractivity contribution in [2.75, 3.05) is 6.61 Å². The Morgan fingerprint density at radius 1 is 1.04 bits per heavy atom. The Kier molecular flexibility index (Phi) is 5.11. The summed E-state index contributed by atoms with van der Waals surface area (Å²) in [6, 6.07) is 20.9. The fourth-order valence-electron chi connectivity index (χ4n) is 2.84. The molecule has 2 atom stereocenters. The Bertz CT molecular complexity index is 766. The molecule has 1 fully saturated rings. The van der Waals surface area contributed by atoms with Crippen LogP contribution in [0, 0.1) is 17.3 Å². The molecule has 0 aromatic heterocycles. The van der Waals surface area contributed by atoms with E-state index in [-0.39, 0.29) is 16.9 Å². The Balaban J connectivity index is 1.79. The maximum Gasteiger partial charge on any atom is 0.156 e. The van der Waals surface area contributed by atoms with Crippen molar-refractivity contribution in [3.8, 4) is 11.8 Å². The van der Waals surface area contributed by atoms with Crippen molar-refractivity contribution in [2.45, 2.75) is 38.7 Å². The molecule has 1 heterocycles. The molecule has 0 amide bonds. The second-order valence-electron chi connectivity index (χ2n) is 7.65. The molecule has 0 saturated carbocycles. The van der Waals surface area contributed by atoms with E-state index in [1.165, 1.54) is 11.1 Å². The Morgan fingerprint density at radius 2 is 1.64 bits per heavy atom. The lowest BCUT2D eigenvalue weighted by Crippen LogP contribution is -2.28. The number of benzene rings is 2. The van der Waals surface area contributed by atoms with Crippen molar-refractivity contribution in [1.29, 1.82) is 0 Å². The lowest BCUT2D eigenvalue weighted by molar-refractivity contribution is 0.209. The predicted octanol–water partition coefficient (Wildman–Crippen LogP) is 5.69. The number of hydrogen-bond donors (Lipinski definition) is 0. The van der Waals surface area contributed by atoms with Crippen LogP contribution in [0.15, 0.2) is 66.7 Å². The van der Waals surface area contributed by atoms with Gasteiger partial charge in [0.1, 0.15) is 0 Å². The number of hydrogen-bond acceptors (Lipinski definition) is 1. The predicted molar refractivity (Wildman–Crippen MR) is 105 cm³/mol. The van der Waals surface area contributed by atoms with Crippen LogP contribution in [0.5, 0.6) is 0 Å². The lowest BCUT2D eigenvalue weighted by atomic mass is 9.81. The molecule has 1 aliphatic rings. The van der Waals surface area contributed by atoms with E-state index < -0.39 is 0 Å². The van der Waals surface area contributed by atoms with E-state index in [0.717, 1.165) is 13.0 Å². The molecule has 1 aliphatic heterocycles. The second-order valence-corrected chi connectivity index (χ2v) is 7.65. The van der Waals surface area contributed by atoms with E-state index in [0.29, 0.717) is 0 Å². The molecule has 0 radical (unpaired) electrons. The van der Waals surface area contributed by atoms with Gasteiger partial charge in [-0.2, -0.15) is 0 Å². The van der Waals surface area contributed by atoms with Crippen LogP contribution in [0.2, 0.25) is 0 Å².